The molecule has 0 spiro atoms. The minimum atomic E-state index is -0.304. The largest absolute Gasteiger partial charge is 0.496 e. The highest BCUT2D eigenvalue weighted by molar-refractivity contribution is 5.75. The molecule has 2 aromatic carbocycles. The van der Waals surface area contributed by atoms with E-state index in [2.05, 4.69) is 52.8 Å². The van der Waals surface area contributed by atoms with Crippen LogP contribution >= 0.6 is 0 Å². The van der Waals surface area contributed by atoms with Gasteiger partial charge in [0.05, 0.1) is 13.2 Å². The number of halogens is 1. The normalized spacial score (nSPS) is 18.7. The molecule has 2 atom stereocenters. The summed E-state index contributed by atoms with van der Waals surface area (Å²) < 4.78 is 26.1. The van der Waals surface area contributed by atoms with E-state index in [1.165, 1.54) is 6.07 Å². The molecular weight excluding hydrogens is 441 g/mol. The van der Waals surface area contributed by atoms with Crippen LogP contribution in [-0.4, -0.2) is 30.7 Å². The number of amides is 1. The summed E-state index contributed by atoms with van der Waals surface area (Å²) in [5.74, 6) is 0.318. The van der Waals surface area contributed by atoms with Crippen molar-refractivity contribution in [1.82, 2.24) is 4.90 Å². The van der Waals surface area contributed by atoms with Gasteiger partial charge in [0, 0.05) is 18.2 Å². The number of unbranched alkanes of at least 4 members (excludes halogenated alkanes) is 1. The molecular formula is C30H40FNO3. The number of cyclic esters (lactones) is 1. The van der Waals surface area contributed by atoms with E-state index >= 15 is 0 Å². The van der Waals surface area contributed by atoms with Crippen LogP contribution in [0.15, 0.2) is 35.9 Å². The fourth-order valence-electron chi connectivity index (χ4n) is 4.98. The van der Waals surface area contributed by atoms with Crippen LogP contribution in [0.3, 0.4) is 0 Å². The number of benzene rings is 2. The number of methoxy groups -OCH3 is 1. The average molecular weight is 482 g/mol. The summed E-state index contributed by atoms with van der Waals surface area (Å²) in [5.41, 5.74) is 7.08. The van der Waals surface area contributed by atoms with Crippen molar-refractivity contribution in [2.75, 3.05) is 13.7 Å². The highest BCUT2D eigenvalue weighted by Gasteiger charge is 2.40. The molecule has 5 heteroatoms. The molecule has 0 N–H and O–H groups in total. The Balaban J connectivity index is 2.00. The molecule has 1 aliphatic heterocycles. The van der Waals surface area contributed by atoms with E-state index in [0.717, 1.165) is 52.7 Å². The van der Waals surface area contributed by atoms with Crippen LogP contribution in [-0.2, 0) is 4.74 Å². The zero-order valence-electron chi connectivity index (χ0n) is 22.5. The van der Waals surface area contributed by atoms with Crippen molar-refractivity contribution in [3.05, 3.63) is 69.5 Å². The number of allylic oxidation sites excluding steroid dienone is 1. The lowest BCUT2D eigenvalue weighted by atomic mass is 9.92. The quantitative estimate of drug-likeness (QED) is 0.363. The molecule has 0 aromatic heterocycles. The fraction of sp³-hybridized carbons (Fsp3) is 0.500. The van der Waals surface area contributed by atoms with Gasteiger partial charge in [0.15, 0.2) is 0 Å². The van der Waals surface area contributed by atoms with E-state index in [9.17, 15) is 9.18 Å². The van der Waals surface area contributed by atoms with E-state index in [-0.39, 0.29) is 30.0 Å². The van der Waals surface area contributed by atoms with Crippen molar-refractivity contribution in [2.24, 2.45) is 0 Å². The first-order valence-corrected chi connectivity index (χ1v) is 12.7. The lowest BCUT2D eigenvalue weighted by molar-refractivity contribution is 0.131. The Morgan fingerprint density at radius 3 is 2.37 bits per heavy atom. The summed E-state index contributed by atoms with van der Waals surface area (Å²) in [7, 11) is 1.57. The van der Waals surface area contributed by atoms with E-state index in [1.54, 1.807) is 7.11 Å². The molecule has 2 aromatic rings. The lowest BCUT2D eigenvalue weighted by Crippen LogP contribution is -2.34. The molecule has 1 aliphatic rings. The monoisotopic (exact) mass is 481 g/mol. The van der Waals surface area contributed by atoms with Gasteiger partial charge < -0.3 is 9.47 Å². The third kappa shape index (κ3) is 5.88. The van der Waals surface area contributed by atoms with Crippen LogP contribution < -0.4 is 4.74 Å². The summed E-state index contributed by atoms with van der Waals surface area (Å²) in [6.45, 7) is 14.8. The summed E-state index contributed by atoms with van der Waals surface area (Å²) in [5, 5.41) is 0. The molecule has 35 heavy (non-hydrogen) atoms. The van der Waals surface area contributed by atoms with Crippen molar-refractivity contribution < 1.29 is 18.7 Å². The van der Waals surface area contributed by atoms with E-state index in [1.807, 2.05) is 24.8 Å². The van der Waals surface area contributed by atoms with Gasteiger partial charge in [0.2, 0.25) is 0 Å². The van der Waals surface area contributed by atoms with Gasteiger partial charge >= 0.3 is 6.09 Å². The number of carbonyl (C=O) groups is 1. The molecule has 1 saturated heterocycles. The zero-order chi connectivity index (χ0) is 25.9. The number of ether oxygens (including phenoxy) is 2. The van der Waals surface area contributed by atoms with Crippen molar-refractivity contribution in [2.45, 2.75) is 85.8 Å². The first-order valence-electron chi connectivity index (χ1n) is 12.7. The number of nitrogens with zero attached hydrogens (tertiary/aromatic N) is 1. The van der Waals surface area contributed by atoms with Gasteiger partial charge in [-0.1, -0.05) is 56.5 Å². The Bertz CT molecular complexity index is 1080. The summed E-state index contributed by atoms with van der Waals surface area (Å²) in [6.07, 6.45) is 2.30. The van der Waals surface area contributed by atoms with Crippen molar-refractivity contribution in [3.8, 4) is 5.75 Å². The molecule has 0 unspecified atom stereocenters. The fourth-order valence-corrected chi connectivity index (χ4v) is 4.98. The smallest absolute Gasteiger partial charge is 0.411 e. The maximum Gasteiger partial charge on any atom is 0.411 e. The highest BCUT2D eigenvalue weighted by Crippen LogP contribution is 2.37. The predicted octanol–water partition coefficient (Wildman–Crippen LogP) is 8.12. The molecule has 4 nitrogen and oxygen atoms in total. The van der Waals surface area contributed by atoms with Crippen LogP contribution in [0.25, 0.3) is 5.57 Å². The van der Waals surface area contributed by atoms with E-state index in [4.69, 9.17) is 9.47 Å². The van der Waals surface area contributed by atoms with Gasteiger partial charge in [-0.3, -0.25) is 4.90 Å². The molecule has 3 rings (SSSR count). The van der Waals surface area contributed by atoms with Crippen molar-refractivity contribution >= 4 is 11.7 Å². The number of hydrogen-bond acceptors (Lipinski definition) is 3. The molecule has 0 saturated carbocycles. The average Bonchev–Trinajstić information content (AvgIpc) is 3.08. The van der Waals surface area contributed by atoms with Crippen LogP contribution in [0, 0.1) is 19.7 Å². The number of aryl methyl sites for hydroxylation is 2. The van der Waals surface area contributed by atoms with E-state index < -0.39 is 0 Å². The van der Waals surface area contributed by atoms with Crippen LogP contribution in [0.4, 0.5) is 9.18 Å². The van der Waals surface area contributed by atoms with Gasteiger partial charge in [0.25, 0.3) is 0 Å². The van der Waals surface area contributed by atoms with Crippen LogP contribution in [0.2, 0.25) is 0 Å². The van der Waals surface area contributed by atoms with Crippen LogP contribution in [0.1, 0.15) is 93.7 Å². The van der Waals surface area contributed by atoms with Crippen LogP contribution in [0.5, 0.6) is 5.75 Å². The first kappa shape index (κ1) is 26.8. The third-order valence-electron chi connectivity index (χ3n) is 7.03. The summed E-state index contributed by atoms with van der Waals surface area (Å²) in [4.78, 5) is 14.9. The molecule has 190 valence electrons. The van der Waals surface area contributed by atoms with Gasteiger partial charge in [-0.2, -0.15) is 0 Å². The van der Waals surface area contributed by atoms with E-state index in [0.29, 0.717) is 17.9 Å². The van der Waals surface area contributed by atoms with Gasteiger partial charge in [-0.15, -0.1) is 0 Å². The lowest BCUT2D eigenvalue weighted by Gasteiger charge is -2.25. The Morgan fingerprint density at radius 1 is 1.14 bits per heavy atom. The maximum atomic E-state index is 14.7. The molecule has 0 bridgehead atoms. The molecule has 1 heterocycles. The third-order valence-corrected chi connectivity index (χ3v) is 7.03. The Kier molecular flexibility index (Phi) is 8.63. The van der Waals surface area contributed by atoms with Crippen molar-refractivity contribution in [3.63, 3.8) is 0 Å². The number of rotatable bonds is 9. The standard InChI is InChI=1S/C30H40FNO3/c1-9-10-11-23(21(6)26-15-25(18(2)3)27(31)16-28(26)34-8)17-32-22(7)29(35-30(32)33)24-13-19(4)12-20(5)14-24/h12-16,18,22,29H,9-11,17H2,1-8H3/b23-21-/t22-,29-/m0/s1. The molecule has 1 fully saturated rings. The van der Waals surface area contributed by atoms with Crippen molar-refractivity contribution in [1.29, 1.82) is 0 Å². The summed E-state index contributed by atoms with van der Waals surface area (Å²) in [6, 6.07) is 9.61. The highest BCUT2D eigenvalue weighted by atomic mass is 19.1. The summed E-state index contributed by atoms with van der Waals surface area (Å²) >= 11 is 0. The topological polar surface area (TPSA) is 38.8 Å². The molecule has 0 aliphatic carbocycles. The Hall–Kier alpha value is -2.82. The Labute approximate surface area is 210 Å². The second kappa shape index (κ2) is 11.3. The minimum absolute atomic E-state index is 0.0543. The second-order valence-corrected chi connectivity index (χ2v) is 10.2. The number of carbonyl (C=O) groups excluding carboxylic acids is 1. The second-order valence-electron chi connectivity index (χ2n) is 10.2. The van der Waals surface area contributed by atoms with Gasteiger partial charge in [0.1, 0.15) is 17.7 Å². The molecule has 0 radical (unpaired) electrons. The van der Waals surface area contributed by atoms with Gasteiger partial charge in [-0.25, -0.2) is 9.18 Å². The minimum Gasteiger partial charge on any atom is -0.496 e. The zero-order valence-corrected chi connectivity index (χ0v) is 22.5. The van der Waals surface area contributed by atoms with Gasteiger partial charge in [-0.05, 0) is 74.8 Å². The molecule has 1 amide bonds. The SMILES string of the molecule is CCCC/C(CN1C(=O)O[C@H](c2cc(C)cc(C)c2)[C@@H]1C)=C(\C)c1cc(C(C)C)c(F)cc1OC. The number of hydrogen-bond donors (Lipinski definition) is 0. The maximum absolute atomic E-state index is 14.7. The Morgan fingerprint density at radius 2 is 1.80 bits per heavy atom. The predicted molar refractivity (Wildman–Crippen MR) is 140 cm³/mol. The first-order chi connectivity index (χ1) is 16.6.